The predicted octanol–water partition coefficient (Wildman–Crippen LogP) is 2.32. The molecule has 21 heavy (non-hydrogen) atoms. The van der Waals surface area contributed by atoms with Gasteiger partial charge in [0.05, 0.1) is 6.61 Å². The van der Waals surface area contributed by atoms with Crippen LogP contribution in [-0.2, 0) is 4.74 Å². The van der Waals surface area contributed by atoms with Crippen molar-refractivity contribution in [2.45, 2.75) is 19.3 Å². The highest BCUT2D eigenvalue weighted by molar-refractivity contribution is 5.64. The van der Waals surface area contributed by atoms with Crippen LogP contribution in [0.3, 0.4) is 0 Å². The van der Waals surface area contributed by atoms with Gasteiger partial charge in [-0.15, -0.1) is 0 Å². The zero-order valence-electron chi connectivity index (χ0n) is 11.8. The lowest BCUT2D eigenvalue weighted by Gasteiger charge is -2.19. The van der Waals surface area contributed by atoms with Gasteiger partial charge in [-0.25, -0.2) is 0 Å². The summed E-state index contributed by atoms with van der Waals surface area (Å²) in [7, 11) is 0. The van der Waals surface area contributed by atoms with Gasteiger partial charge in [0.25, 0.3) is 5.89 Å². The molecule has 0 N–H and O–H groups in total. The number of aromatic nitrogens is 2. The van der Waals surface area contributed by atoms with E-state index in [0.717, 1.165) is 41.5 Å². The van der Waals surface area contributed by atoms with Crippen LogP contribution in [0.25, 0.3) is 11.5 Å². The molecule has 0 saturated carbocycles. The minimum absolute atomic E-state index is 0.236. The highest BCUT2D eigenvalue weighted by Gasteiger charge is 2.24. The second-order valence-electron chi connectivity index (χ2n) is 5.33. The maximum Gasteiger partial charge on any atom is 0.258 e. The Hall–Kier alpha value is -2.08. The second kappa shape index (κ2) is 5.04. The van der Waals surface area contributed by atoms with Crippen molar-refractivity contribution in [3.05, 3.63) is 23.5 Å². The van der Waals surface area contributed by atoms with Crippen LogP contribution < -0.4 is 9.47 Å². The molecule has 2 aromatic rings. The largest absolute Gasteiger partial charge is 0.486 e. The van der Waals surface area contributed by atoms with E-state index in [2.05, 4.69) is 10.1 Å². The third-order valence-electron chi connectivity index (χ3n) is 3.86. The van der Waals surface area contributed by atoms with E-state index < -0.39 is 0 Å². The highest BCUT2D eigenvalue weighted by atomic mass is 16.6. The molecule has 3 heterocycles. The molecule has 0 amide bonds. The maximum atomic E-state index is 5.61. The lowest BCUT2D eigenvalue weighted by molar-refractivity contribution is 0.171. The average Bonchev–Trinajstić information content (AvgIpc) is 3.17. The number of ether oxygens (including phenoxy) is 3. The number of nitrogens with zero attached hydrogens (tertiary/aromatic N) is 2. The van der Waals surface area contributed by atoms with Crippen molar-refractivity contribution in [3.8, 4) is 23.0 Å². The van der Waals surface area contributed by atoms with Gasteiger partial charge in [-0.3, -0.25) is 0 Å². The minimum atomic E-state index is 0.236. The van der Waals surface area contributed by atoms with Crippen molar-refractivity contribution in [1.82, 2.24) is 10.1 Å². The summed E-state index contributed by atoms with van der Waals surface area (Å²) in [5.41, 5.74) is 1.91. The van der Waals surface area contributed by atoms with Crippen LogP contribution in [0.5, 0.6) is 11.5 Å². The van der Waals surface area contributed by atoms with E-state index >= 15 is 0 Å². The summed E-state index contributed by atoms with van der Waals surface area (Å²) in [4.78, 5) is 4.52. The first-order valence-electron chi connectivity index (χ1n) is 7.13. The molecule has 0 radical (unpaired) electrons. The first-order valence-corrected chi connectivity index (χ1v) is 7.13. The molecule has 4 rings (SSSR count). The Balaban J connectivity index is 1.69. The molecule has 1 atom stereocenters. The Morgan fingerprint density at radius 3 is 2.67 bits per heavy atom. The van der Waals surface area contributed by atoms with E-state index in [-0.39, 0.29) is 5.92 Å². The van der Waals surface area contributed by atoms with E-state index in [1.165, 1.54) is 0 Å². The Morgan fingerprint density at radius 1 is 1.10 bits per heavy atom. The van der Waals surface area contributed by atoms with Gasteiger partial charge in [0.1, 0.15) is 13.2 Å². The number of benzene rings is 1. The summed E-state index contributed by atoms with van der Waals surface area (Å²) in [5.74, 6) is 2.97. The molecule has 0 bridgehead atoms. The van der Waals surface area contributed by atoms with Gasteiger partial charge in [-0.1, -0.05) is 5.16 Å². The van der Waals surface area contributed by atoms with Crippen molar-refractivity contribution in [2.24, 2.45) is 0 Å². The standard InChI is InChI=1S/C15H16N2O4/c1-9-6-12-13(20-5-4-19-12)7-11(9)15-16-14(17-21-15)10-2-3-18-8-10/h6-7,10H,2-5,8H2,1H3/t10-/m1/s1. The van der Waals surface area contributed by atoms with Gasteiger partial charge >= 0.3 is 0 Å². The van der Waals surface area contributed by atoms with Crippen molar-refractivity contribution in [1.29, 1.82) is 0 Å². The van der Waals surface area contributed by atoms with Crippen LogP contribution in [0.2, 0.25) is 0 Å². The molecule has 1 aromatic carbocycles. The van der Waals surface area contributed by atoms with Crippen LogP contribution >= 0.6 is 0 Å². The number of fused-ring (bicyclic) bond motifs is 1. The van der Waals surface area contributed by atoms with Gasteiger partial charge in [-0.2, -0.15) is 4.98 Å². The topological polar surface area (TPSA) is 66.6 Å². The first-order chi connectivity index (χ1) is 10.3. The normalized spacial score (nSPS) is 20.7. The van der Waals surface area contributed by atoms with Crippen LogP contribution in [0, 0.1) is 6.92 Å². The maximum absolute atomic E-state index is 5.61. The fourth-order valence-corrected chi connectivity index (χ4v) is 2.67. The molecular formula is C15H16N2O4. The van der Waals surface area contributed by atoms with Crippen molar-refractivity contribution < 1.29 is 18.7 Å². The molecule has 6 nitrogen and oxygen atoms in total. The lowest BCUT2D eigenvalue weighted by atomic mass is 10.1. The molecule has 1 aromatic heterocycles. The summed E-state index contributed by atoms with van der Waals surface area (Å²) in [6.07, 6.45) is 0.944. The van der Waals surface area contributed by atoms with Crippen molar-refractivity contribution >= 4 is 0 Å². The van der Waals surface area contributed by atoms with E-state index in [1.54, 1.807) is 0 Å². The number of hydrogen-bond acceptors (Lipinski definition) is 6. The summed E-state index contributed by atoms with van der Waals surface area (Å²) in [6, 6.07) is 3.86. The summed E-state index contributed by atoms with van der Waals surface area (Å²) >= 11 is 0. The first kappa shape index (κ1) is 12.6. The zero-order valence-corrected chi connectivity index (χ0v) is 11.8. The van der Waals surface area contributed by atoms with E-state index in [1.807, 2.05) is 19.1 Å². The summed E-state index contributed by atoms with van der Waals surface area (Å²) in [6.45, 7) is 4.56. The molecule has 1 saturated heterocycles. The average molecular weight is 288 g/mol. The molecular weight excluding hydrogens is 272 g/mol. The third kappa shape index (κ3) is 2.25. The highest BCUT2D eigenvalue weighted by Crippen LogP contribution is 2.37. The minimum Gasteiger partial charge on any atom is -0.486 e. The van der Waals surface area contributed by atoms with Crippen LogP contribution in [0.4, 0.5) is 0 Å². The van der Waals surface area contributed by atoms with Gasteiger partial charge in [0, 0.05) is 18.1 Å². The fraction of sp³-hybridized carbons (Fsp3) is 0.467. The monoisotopic (exact) mass is 288 g/mol. The van der Waals surface area contributed by atoms with Gasteiger partial charge in [-0.05, 0) is 31.0 Å². The molecule has 0 spiro atoms. The second-order valence-corrected chi connectivity index (χ2v) is 5.33. The predicted molar refractivity (Wildman–Crippen MR) is 73.6 cm³/mol. The number of aryl methyl sites for hydroxylation is 1. The Morgan fingerprint density at radius 2 is 1.90 bits per heavy atom. The van der Waals surface area contributed by atoms with Crippen LogP contribution in [0.15, 0.2) is 16.7 Å². The Kier molecular flexibility index (Phi) is 3.03. The van der Waals surface area contributed by atoms with Crippen molar-refractivity contribution in [3.63, 3.8) is 0 Å². The molecule has 2 aliphatic rings. The van der Waals surface area contributed by atoms with Gasteiger partial charge in [0.15, 0.2) is 17.3 Å². The number of hydrogen-bond donors (Lipinski definition) is 0. The quantitative estimate of drug-likeness (QED) is 0.845. The molecule has 1 fully saturated rings. The zero-order chi connectivity index (χ0) is 14.2. The molecule has 2 aliphatic heterocycles. The van der Waals surface area contributed by atoms with E-state index in [4.69, 9.17) is 18.7 Å². The molecule has 0 aliphatic carbocycles. The van der Waals surface area contributed by atoms with E-state index in [0.29, 0.717) is 25.7 Å². The SMILES string of the molecule is Cc1cc2c(cc1-c1nc([C@@H]3CCOC3)no1)OCCO2. The van der Waals surface area contributed by atoms with Crippen molar-refractivity contribution in [2.75, 3.05) is 26.4 Å². The molecule has 6 heteroatoms. The summed E-state index contributed by atoms with van der Waals surface area (Å²) < 4.78 is 22.0. The summed E-state index contributed by atoms with van der Waals surface area (Å²) in [5, 5.41) is 4.09. The van der Waals surface area contributed by atoms with Crippen LogP contribution in [0.1, 0.15) is 23.7 Å². The number of rotatable bonds is 2. The lowest BCUT2D eigenvalue weighted by Crippen LogP contribution is -2.15. The smallest absolute Gasteiger partial charge is 0.258 e. The van der Waals surface area contributed by atoms with Gasteiger partial charge in [0.2, 0.25) is 0 Å². The van der Waals surface area contributed by atoms with Gasteiger partial charge < -0.3 is 18.7 Å². The molecule has 0 unspecified atom stereocenters. The molecule has 110 valence electrons. The van der Waals surface area contributed by atoms with E-state index in [9.17, 15) is 0 Å². The van der Waals surface area contributed by atoms with Crippen LogP contribution in [-0.4, -0.2) is 36.6 Å². The Labute approximate surface area is 122 Å². The Bertz CT molecular complexity index is 662. The fourth-order valence-electron chi connectivity index (χ4n) is 2.67. The third-order valence-corrected chi connectivity index (χ3v) is 3.86.